The fourth-order valence-corrected chi connectivity index (χ4v) is 3.67. The van der Waals surface area contributed by atoms with Crippen molar-refractivity contribution >= 4 is 22.5 Å². The molecule has 5 rings (SSSR count). The summed E-state index contributed by atoms with van der Waals surface area (Å²) in [7, 11) is 0. The normalized spacial score (nSPS) is 14.8. The van der Waals surface area contributed by atoms with Crippen LogP contribution in [0.25, 0.3) is 22.2 Å². The zero-order chi connectivity index (χ0) is 20.3. The number of carbonyl (C=O) groups is 1. The van der Waals surface area contributed by atoms with Crippen molar-refractivity contribution in [3.8, 4) is 11.3 Å². The van der Waals surface area contributed by atoms with Crippen LogP contribution in [0.1, 0.15) is 16.2 Å². The summed E-state index contributed by atoms with van der Waals surface area (Å²) in [5.41, 5.74) is 2.72. The van der Waals surface area contributed by atoms with Gasteiger partial charge in [-0.3, -0.25) is 19.8 Å². The number of hydrogen-bond acceptors (Lipinski definition) is 6. The maximum Gasteiger partial charge on any atom is 0.276 e. The van der Waals surface area contributed by atoms with Gasteiger partial charge in [0, 0.05) is 55.2 Å². The number of furan rings is 1. The van der Waals surface area contributed by atoms with Gasteiger partial charge in [-0.2, -0.15) is 5.10 Å². The van der Waals surface area contributed by atoms with Gasteiger partial charge < -0.3 is 15.1 Å². The molecule has 1 aromatic carbocycles. The Kier molecular flexibility index (Phi) is 5.00. The molecule has 1 fully saturated rings. The summed E-state index contributed by atoms with van der Waals surface area (Å²) >= 11 is 0. The number of H-pyrrole nitrogens is 1. The van der Waals surface area contributed by atoms with Crippen LogP contribution >= 0.6 is 0 Å². The molecule has 30 heavy (non-hydrogen) atoms. The van der Waals surface area contributed by atoms with E-state index in [2.05, 4.69) is 30.7 Å². The third-order valence-electron chi connectivity index (χ3n) is 5.25. The van der Waals surface area contributed by atoms with Gasteiger partial charge in [-0.05, 0) is 42.5 Å². The van der Waals surface area contributed by atoms with E-state index in [0.29, 0.717) is 11.4 Å². The molecular formula is C22H22N6O2. The molecule has 1 aliphatic heterocycles. The van der Waals surface area contributed by atoms with Crippen molar-refractivity contribution in [1.29, 1.82) is 0 Å². The van der Waals surface area contributed by atoms with Gasteiger partial charge in [0.25, 0.3) is 5.91 Å². The van der Waals surface area contributed by atoms with Crippen LogP contribution in [0.5, 0.6) is 0 Å². The third kappa shape index (κ3) is 3.83. The van der Waals surface area contributed by atoms with Gasteiger partial charge in [0.2, 0.25) is 0 Å². The summed E-state index contributed by atoms with van der Waals surface area (Å²) in [6.07, 6.45) is 3.26. The lowest BCUT2D eigenvalue weighted by atomic mass is 10.1. The summed E-state index contributed by atoms with van der Waals surface area (Å²) in [4.78, 5) is 19.0. The van der Waals surface area contributed by atoms with Crippen molar-refractivity contribution in [1.82, 2.24) is 25.4 Å². The molecule has 3 N–H and O–H groups in total. The minimum Gasteiger partial charge on any atom is -0.460 e. The van der Waals surface area contributed by atoms with Gasteiger partial charge in [0.05, 0.1) is 12.1 Å². The Labute approximate surface area is 173 Å². The number of pyridine rings is 1. The van der Waals surface area contributed by atoms with E-state index in [-0.39, 0.29) is 5.91 Å². The van der Waals surface area contributed by atoms with Crippen LogP contribution in [0, 0.1) is 0 Å². The number of amides is 1. The highest BCUT2D eigenvalue weighted by Crippen LogP contribution is 2.28. The standard InChI is InChI=1S/C22H22N6O2/c29-22(25-16-5-7-23-8-6-16)21-18-13-15(1-3-19(18)26-27-21)20-4-2-17(30-20)14-28-11-9-24-10-12-28/h1-8,13,24H,9-12,14H2,(H,26,27)(H,23,25,29). The number of fused-ring (bicyclic) bond motifs is 1. The van der Waals surface area contributed by atoms with Gasteiger partial charge in [-0.15, -0.1) is 0 Å². The summed E-state index contributed by atoms with van der Waals surface area (Å²) < 4.78 is 6.09. The van der Waals surface area contributed by atoms with Crippen molar-refractivity contribution in [2.24, 2.45) is 0 Å². The minimum atomic E-state index is -0.275. The number of hydrogen-bond donors (Lipinski definition) is 3. The van der Waals surface area contributed by atoms with Gasteiger partial charge in [0.1, 0.15) is 11.5 Å². The quantitative estimate of drug-likeness (QED) is 0.475. The highest BCUT2D eigenvalue weighted by molar-refractivity contribution is 6.11. The fraction of sp³-hybridized carbons (Fsp3) is 0.227. The molecule has 0 spiro atoms. The molecule has 152 valence electrons. The average Bonchev–Trinajstić information content (AvgIpc) is 3.42. The van der Waals surface area contributed by atoms with Gasteiger partial charge in [-0.25, -0.2) is 0 Å². The van der Waals surface area contributed by atoms with E-state index >= 15 is 0 Å². The second kappa shape index (κ2) is 8.10. The lowest BCUT2D eigenvalue weighted by Crippen LogP contribution is -2.42. The molecular weight excluding hydrogens is 380 g/mol. The summed E-state index contributed by atoms with van der Waals surface area (Å²) in [5, 5.41) is 14.1. The Hall–Kier alpha value is -3.49. The molecule has 8 heteroatoms. The van der Waals surface area contributed by atoms with E-state index < -0.39 is 0 Å². The van der Waals surface area contributed by atoms with Gasteiger partial charge in [-0.1, -0.05) is 0 Å². The number of anilines is 1. The van der Waals surface area contributed by atoms with Crippen LogP contribution in [-0.4, -0.2) is 52.2 Å². The van der Waals surface area contributed by atoms with E-state index in [1.165, 1.54) is 0 Å². The molecule has 0 bridgehead atoms. The number of nitrogens with one attached hydrogen (secondary N) is 3. The minimum absolute atomic E-state index is 0.275. The first-order valence-corrected chi connectivity index (χ1v) is 9.98. The molecule has 1 amide bonds. The summed E-state index contributed by atoms with van der Waals surface area (Å²) in [6, 6.07) is 13.3. The number of carbonyl (C=O) groups excluding carboxylic acids is 1. The smallest absolute Gasteiger partial charge is 0.276 e. The van der Waals surface area contributed by atoms with Crippen LogP contribution in [0.3, 0.4) is 0 Å². The second-order valence-corrected chi connectivity index (χ2v) is 7.31. The maximum absolute atomic E-state index is 12.7. The van der Waals surface area contributed by atoms with Crippen molar-refractivity contribution in [2.75, 3.05) is 31.5 Å². The molecule has 8 nitrogen and oxygen atoms in total. The zero-order valence-corrected chi connectivity index (χ0v) is 16.4. The molecule has 0 radical (unpaired) electrons. The first-order chi connectivity index (χ1) is 14.8. The first kappa shape index (κ1) is 18.5. The van der Waals surface area contributed by atoms with E-state index in [0.717, 1.165) is 60.7 Å². The van der Waals surface area contributed by atoms with Crippen molar-refractivity contribution in [3.05, 3.63) is 66.3 Å². The molecule has 0 aliphatic carbocycles. The number of rotatable bonds is 5. The largest absolute Gasteiger partial charge is 0.460 e. The van der Waals surface area contributed by atoms with E-state index in [4.69, 9.17) is 4.42 Å². The Morgan fingerprint density at radius 2 is 1.93 bits per heavy atom. The summed E-state index contributed by atoms with van der Waals surface area (Å²) in [5.74, 6) is 1.45. The van der Waals surface area contributed by atoms with Crippen LogP contribution in [0.4, 0.5) is 5.69 Å². The van der Waals surface area contributed by atoms with Gasteiger partial charge >= 0.3 is 0 Å². The molecule has 1 saturated heterocycles. The third-order valence-corrected chi connectivity index (χ3v) is 5.25. The monoisotopic (exact) mass is 402 g/mol. The number of aromatic nitrogens is 3. The highest BCUT2D eigenvalue weighted by atomic mass is 16.3. The Bertz CT molecular complexity index is 1160. The number of benzene rings is 1. The lowest BCUT2D eigenvalue weighted by molar-refractivity contribution is 0.102. The van der Waals surface area contributed by atoms with E-state index in [9.17, 15) is 4.79 Å². The van der Waals surface area contributed by atoms with Crippen LogP contribution in [-0.2, 0) is 6.54 Å². The Morgan fingerprint density at radius 3 is 2.77 bits per heavy atom. The zero-order valence-electron chi connectivity index (χ0n) is 16.4. The van der Waals surface area contributed by atoms with Crippen molar-refractivity contribution in [3.63, 3.8) is 0 Å². The SMILES string of the molecule is O=C(Nc1ccncc1)c1n[nH]c2ccc(-c3ccc(CN4CCNCC4)o3)cc12. The number of aromatic amines is 1. The molecule has 4 aromatic rings. The Morgan fingerprint density at radius 1 is 1.10 bits per heavy atom. The van der Waals surface area contributed by atoms with Crippen LogP contribution in [0.15, 0.2) is 59.3 Å². The molecule has 0 saturated carbocycles. The highest BCUT2D eigenvalue weighted by Gasteiger charge is 2.17. The fourth-order valence-electron chi connectivity index (χ4n) is 3.67. The summed E-state index contributed by atoms with van der Waals surface area (Å²) in [6.45, 7) is 4.86. The van der Waals surface area contributed by atoms with Crippen LogP contribution < -0.4 is 10.6 Å². The van der Waals surface area contributed by atoms with E-state index in [1.54, 1.807) is 24.5 Å². The molecule has 0 unspecified atom stereocenters. The lowest BCUT2D eigenvalue weighted by Gasteiger charge is -2.26. The second-order valence-electron chi connectivity index (χ2n) is 7.31. The topological polar surface area (TPSA) is 99.1 Å². The van der Waals surface area contributed by atoms with Crippen molar-refractivity contribution < 1.29 is 9.21 Å². The average molecular weight is 402 g/mol. The van der Waals surface area contributed by atoms with Crippen LogP contribution in [0.2, 0.25) is 0 Å². The predicted octanol–water partition coefficient (Wildman–Crippen LogP) is 2.88. The van der Waals surface area contributed by atoms with E-state index in [1.807, 2.05) is 30.3 Å². The van der Waals surface area contributed by atoms with Gasteiger partial charge in [0.15, 0.2) is 5.69 Å². The number of nitrogens with zero attached hydrogens (tertiary/aromatic N) is 3. The maximum atomic E-state index is 12.7. The predicted molar refractivity (Wildman–Crippen MR) is 114 cm³/mol. The molecule has 4 heterocycles. The number of piperazine rings is 1. The Balaban J connectivity index is 1.38. The van der Waals surface area contributed by atoms with Crippen molar-refractivity contribution in [2.45, 2.75) is 6.54 Å². The molecule has 3 aromatic heterocycles. The first-order valence-electron chi connectivity index (χ1n) is 9.98. The molecule has 1 aliphatic rings. The molecule has 0 atom stereocenters.